The third-order valence-electron chi connectivity index (χ3n) is 7.69. The molecule has 2 aromatic heterocycles. The molecule has 0 spiro atoms. The largest absolute Gasteiger partial charge is 0.459 e. The Hall–Kier alpha value is -3.95. The minimum Gasteiger partial charge on any atom is -0.459 e. The Labute approximate surface area is 242 Å². The van der Waals surface area contributed by atoms with Crippen LogP contribution in [0.3, 0.4) is 0 Å². The van der Waals surface area contributed by atoms with Crippen molar-refractivity contribution in [3.05, 3.63) is 106 Å². The zero-order valence-electron chi connectivity index (χ0n) is 21.9. The van der Waals surface area contributed by atoms with Gasteiger partial charge in [0.05, 0.1) is 27.4 Å². The standard InChI is InChI=1S/C30H28ClN5O3S/c1-19-12-15-34(16-13-19)25-9-8-21(18-23(25)31)35-29(28(33-30(35)40)24-7-2-3-14-32-24)27-11-10-26(39-27)20-5-4-6-22(17-20)36(37)38/h2-11,14,17-19,28-29H,12-13,15-16H2,1H3,(H,33,40). The summed E-state index contributed by atoms with van der Waals surface area (Å²) in [6.45, 7) is 4.27. The van der Waals surface area contributed by atoms with Crippen molar-refractivity contribution in [2.45, 2.75) is 31.8 Å². The Morgan fingerprint density at radius 2 is 1.90 bits per heavy atom. The molecule has 8 nitrogen and oxygen atoms in total. The number of hydrogen-bond donors (Lipinski definition) is 1. The van der Waals surface area contributed by atoms with E-state index in [1.54, 1.807) is 18.3 Å². The van der Waals surface area contributed by atoms with Crippen molar-refractivity contribution in [2.24, 2.45) is 5.92 Å². The van der Waals surface area contributed by atoms with Crippen LogP contribution in [0.5, 0.6) is 0 Å². The lowest BCUT2D eigenvalue weighted by atomic mass is 9.98. The van der Waals surface area contributed by atoms with E-state index < -0.39 is 4.92 Å². The topological polar surface area (TPSA) is 87.7 Å². The average Bonchev–Trinajstić information content (AvgIpc) is 3.59. The molecule has 4 aromatic rings. The quantitative estimate of drug-likeness (QED) is 0.146. The van der Waals surface area contributed by atoms with E-state index in [0.717, 1.165) is 48.9 Å². The van der Waals surface area contributed by atoms with Gasteiger partial charge in [0, 0.05) is 42.7 Å². The number of nitrogens with one attached hydrogen (secondary N) is 1. The fourth-order valence-corrected chi connectivity index (χ4v) is 6.15. The highest BCUT2D eigenvalue weighted by atomic mass is 35.5. The lowest BCUT2D eigenvalue weighted by Gasteiger charge is -2.33. The third-order valence-corrected chi connectivity index (χ3v) is 8.31. The van der Waals surface area contributed by atoms with E-state index in [1.165, 1.54) is 12.1 Å². The number of thiocarbonyl (C=S) groups is 1. The maximum absolute atomic E-state index is 11.3. The molecule has 2 fully saturated rings. The van der Waals surface area contributed by atoms with Gasteiger partial charge in [0.25, 0.3) is 5.69 Å². The molecule has 0 saturated carbocycles. The predicted molar refractivity (Wildman–Crippen MR) is 161 cm³/mol. The molecule has 1 N–H and O–H groups in total. The zero-order chi connectivity index (χ0) is 27.8. The number of pyridine rings is 1. The Balaban J connectivity index is 1.38. The average molecular weight is 574 g/mol. The third kappa shape index (κ3) is 5.02. The van der Waals surface area contributed by atoms with Gasteiger partial charge in [-0.15, -0.1) is 0 Å². The SMILES string of the molecule is CC1CCN(c2ccc(N3C(=S)NC(c4ccccn4)C3c3ccc(-c4cccc([N+](=O)[O-])c4)o3)cc2Cl)CC1. The van der Waals surface area contributed by atoms with E-state index >= 15 is 0 Å². The molecular weight excluding hydrogens is 546 g/mol. The lowest BCUT2D eigenvalue weighted by molar-refractivity contribution is -0.384. The summed E-state index contributed by atoms with van der Waals surface area (Å²) < 4.78 is 6.37. The van der Waals surface area contributed by atoms with Gasteiger partial charge >= 0.3 is 0 Å². The smallest absolute Gasteiger partial charge is 0.270 e. The Morgan fingerprint density at radius 1 is 1.07 bits per heavy atom. The molecule has 40 heavy (non-hydrogen) atoms. The van der Waals surface area contributed by atoms with Gasteiger partial charge in [-0.2, -0.15) is 0 Å². The summed E-state index contributed by atoms with van der Waals surface area (Å²) in [5, 5.41) is 16.0. The second kappa shape index (κ2) is 10.9. The molecule has 0 aliphatic carbocycles. The van der Waals surface area contributed by atoms with Gasteiger partial charge in [0.1, 0.15) is 17.6 Å². The van der Waals surface area contributed by atoms with Crippen LogP contribution in [-0.4, -0.2) is 28.1 Å². The maximum atomic E-state index is 11.3. The molecule has 0 bridgehead atoms. The van der Waals surface area contributed by atoms with Crippen molar-refractivity contribution in [2.75, 3.05) is 22.9 Å². The summed E-state index contributed by atoms with van der Waals surface area (Å²) in [5.41, 5.74) is 3.31. The first-order valence-electron chi connectivity index (χ1n) is 13.3. The summed E-state index contributed by atoms with van der Waals surface area (Å²) in [4.78, 5) is 19.9. The highest BCUT2D eigenvalue weighted by molar-refractivity contribution is 7.80. The van der Waals surface area contributed by atoms with Crippen molar-refractivity contribution < 1.29 is 9.34 Å². The van der Waals surface area contributed by atoms with Crippen LogP contribution in [0.1, 0.15) is 43.3 Å². The van der Waals surface area contributed by atoms with Crippen LogP contribution in [0, 0.1) is 16.0 Å². The van der Waals surface area contributed by atoms with E-state index in [1.807, 2.05) is 47.4 Å². The van der Waals surface area contributed by atoms with Crippen molar-refractivity contribution >= 4 is 46.0 Å². The molecule has 4 heterocycles. The van der Waals surface area contributed by atoms with E-state index in [0.29, 0.717) is 27.2 Å². The number of nitro benzene ring substituents is 1. The van der Waals surface area contributed by atoms with Crippen molar-refractivity contribution in [1.29, 1.82) is 0 Å². The number of nitro groups is 1. The molecule has 0 radical (unpaired) electrons. The number of piperidine rings is 1. The number of aromatic nitrogens is 1. The van der Waals surface area contributed by atoms with Crippen LogP contribution < -0.4 is 15.1 Å². The molecule has 2 aromatic carbocycles. The monoisotopic (exact) mass is 573 g/mol. The van der Waals surface area contributed by atoms with Gasteiger partial charge in [-0.3, -0.25) is 15.1 Å². The molecule has 6 rings (SSSR count). The van der Waals surface area contributed by atoms with Gasteiger partial charge in [-0.25, -0.2) is 0 Å². The number of anilines is 2. The molecular formula is C30H28ClN5O3S. The first kappa shape index (κ1) is 26.3. The highest BCUT2D eigenvalue weighted by Crippen LogP contribution is 2.44. The van der Waals surface area contributed by atoms with Crippen LogP contribution >= 0.6 is 23.8 Å². The molecule has 0 amide bonds. The Bertz CT molecular complexity index is 1550. The minimum atomic E-state index is -0.413. The van der Waals surface area contributed by atoms with Crippen molar-refractivity contribution in [3.63, 3.8) is 0 Å². The summed E-state index contributed by atoms with van der Waals surface area (Å²) in [6, 6.07) is 21.3. The number of halogens is 1. The molecule has 10 heteroatoms. The van der Waals surface area contributed by atoms with Crippen LogP contribution in [0.25, 0.3) is 11.3 Å². The Kier molecular flexibility index (Phi) is 7.16. The highest BCUT2D eigenvalue weighted by Gasteiger charge is 2.43. The van der Waals surface area contributed by atoms with Crippen molar-refractivity contribution in [1.82, 2.24) is 10.3 Å². The van der Waals surface area contributed by atoms with E-state index in [4.69, 9.17) is 28.2 Å². The van der Waals surface area contributed by atoms with Crippen LogP contribution in [0.15, 0.2) is 83.4 Å². The van der Waals surface area contributed by atoms with E-state index in [9.17, 15) is 10.1 Å². The number of hydrogen-bond acceptors (Lipinski definition) is 6. The van der Waals surface area contributed by atoms with Gasteiger partial charge < -0.3 is 19.5 Å². The van der Waals surface area contributed by atoms with E-state index in [-0.39, 0.29) is 17.8 Å². The van der Waals surface area contributed by atoms with Gasteiger partial charge in [0.2, 0.25) is 0 Å². The number of nitrogens with zero attached hydrogens (tertiary/aromatic N) is 4. The normalized spacial score (nSPS) is 19.6. The summed E-state index contributed by atoms with van der Waals surface area (Å²) >= 11 is 12.7. The number of rotatable bonds is 6. The maximum Gasteiger partial charge on any atom is 0.270 e. The van der Waals surface area contributed by atoms with Crippen LogP contribution in [0.4, 0.5) is 17.1 Å². The van der Waals surface area contributed by atoms with Gasteiger partial charge in [-0.05, 0) is 73.4 Å². The van der Waals surface area contributed by atoms with Crippen molar-refractivity contribution in [3.8, 4) is 11.3 Å². The molecule has 2 saturated heterocycles. The first-order chi connectivity index (χ1) is 19.4. The minimum absolute atomic E-state index is 0.00467. The zero-order valence-corrected chi connectivity index (χ0v) is 23.4. The molecule has 204 valence electrons. The van der Waals surface area contributed by atoms with Gasteiger partial charge in [0.15, 0.2) is 5.11 Å². The summed E-state index contributed by atoms with van der Waals surface area (Å²) in [7, 11) is 0. The molecule has 2 aliphatic rings. The predicted octanol–water partition coefficient (Wildman–Crippen LogP) is 7.32. The molecule has 2 unspecified atom stereocenters. The van der Waals surface area contributed by atoms with E-state index in [2.05, 4.69) is 28.2 Å². The second-order valence-electron chi connectivity index (χ2n) is 10.3. The summed E-state index contributed by atoms with van der Waals surface area (Å²) in [5.74, 6) is 1.91. The number of benzene rings is 2. The van der Waals surface area contributed by atoms with Crippen LogP contribution in [0.2, 0.25) is 5.02 Å². The fraction of sp³-hybridized carbons (Fsp3) is 0.267. The Morgan fingerprint density at radius 3 is 2.62 bits per heavy atom. The summed E-state index contributed by atoms with van der Waals surface area (Å²) in [6.07, 6.45) is 4.05. The van der Waals surface area contributed by atoms with Gasteiger partial charge in [-0.1, -0.05) is 36.7 Å². The second-order valence-corrected chi connectivity index (χ2v) is 11.1. The fourth-order valence-electron chi connectivity index (χ4n) is 5.51. The number of non-ortho nitro benzene ring substituents is 1. The van der Waals surface area contributed by atoms with Crippen LogP contribution in [-0.2, 0) is 0 Å². The number of furan rings is 1. The first-order valence-corrected chi connectivity index (χ1v) is 14.1. The lowest BCUT2D eigenvalue weighted by Crippen LogP contribution is -2.33. The molecule has 2 atom stereocenters. The molecule has 2 aliphatic heterocycles.